The Morgan fingerprint density at radius 1 is 1.45 bits per heavy atom. The van der Waals surface area contributed by atoms with Crippen molar-refractivity contribution in [2.45, 2.75) is 26.3 Å². The predicted octanol–water partition coefficient (Wildman–Crippen LogP) is 3.41. The first-order valence-corrected chi connectivity index (χ1v) is 7.06. The first-order valence-electron chi connectivity index (χ1n) is 6.68. The van der Waals surface area contributed by atoms with E-state index in [4.69, 9.17) is 11.6 Å². The second-order valence-corrected chi connectivity index (χ2v) is 5.31. The highest BCUT2D eigenvalue weighted by molar-refractivity contribution is 6.30. The maximum absolute atomic E-state index is 13.5. The summed E-state index contributed by atoms with van der Waals surface area (Å²) in [5.74, 6) is -0.373. The van der Waals surface area contributed by atoms with Crippen LogP contribution in [-0.2, 0) is 13.5 Å². The molecule has 0 aliphatic heterocycles. The van der Waals surface area contributed by atoms with Crippen molar-refractivity contribution < 1.29 is 4.39 Å². The van der Waals surface area contributed by atoms with E-state index in [1.165, 1.54) is 6.07 Å². The Labute approximate surface area is 123 Å². The molecule has 1 N–H and O–H groups in total. The van der Waals surface area contributed by atoms with Crippen molar-refractivity contribution in [1.29, 1.82) is 0 Å². The molecule has 2 aromatic rings. The molecule has 0 radical (unpaired) electrons. The first kappa shape index (κ1) is 15.0. The molecule has 1 aromatic carbocycles. The number of hydrogen-bond acceptors (Lipinski definition) is 2. The quantitative estimate of drug-likeness (QED) is 0.916. The Hall–Kier alpha value is -1.39. The zero-order valence-corrected chi connectivity index (χ0v) is 12.7. The normalized spacial score (nSPS) is 12.7. The van der Waals surface area contributed by atoms with E-state index in [1.54, 1.807) is 10.7 Å². The van der Waals surface area contributed by atoms with Gasteiger partial charge in [-0.2, -0.15) is 5.10 Å². The van der Waals surface area contributed by atoms with Crippen LogP contribution in [0.1, 0.15) is 29.8 Å². The van der Waals surface area contributed by atoms with Crippen LogP contribution >= 0.6 is 11.6 Å². The molecule has 1 heterocycles. The van der Waals surface area contributed by atoms with Crippen molar-refractivity contribution in [3.63, 3.8) is 0 Å². The minimum absolute atomic E-state index is 0.120. The zero-order chi connectivity index (χ0) is 14.7. The molecular formula is C15H19ClFN3. The summed E-state index contributed by atoms with van der Waals surface area (Å²) in [4.78, 5) is 0. The van der Waals surface area contributed by atoms with Gasteiger partial charge in [0.25, 0.3) is 0 Å². The van der Waals surface area contributed by atoms with E-state index in [1.807, 2.05) is 26.2 Å². The minimum atomic E-state index is -0.373. The smallest absolute Gasteiger partial charge is 0.142 e. The highest BCUT2D eigenvalue weighted by Gasteiger charge is 2.16. The van der Waals surface area contributed by atoms with Crippen molar-refractivity contribution >= 4 is 11.6 Å². The summed E-state index contributed by atoms with van der Waals surface area (Å²) in [7, 11) is 1.90. The Morgan fingerprint density at radius 3 is 2.75 bits per heavy atom. The average Bonchev–Trinajstić information content (AvgIpc) is 2.72. The number of aromatic nitrogens is 2. The van der Waals surface area contributed by atoms with Crippen LogP contribution in [0.4, 0.5) is 4.39 Å². The first-order chi connectivity index (χ1) is 9.51. The van der Waals surface area contributed by atoms with Crippen molar-refractivity contribution in [3.8, 4) is 0 Å². The van der Waals surface area contributed by atoms with Gasteiger partial charge in [-0.05, 0) is 37.6 Å². The lowest BCUT2D eigenvalue weighted by Gasteiger charge is -2.17. The lowest BCUT2D eigenvalue weighted by molar-refractivity contribution is 0.544. The molecule has 0 fully saturated rings. The van der Waals surface area contributed by atoms with Crippen molar-refractivity contribution in [3.05, 3.63) is 52.1 Å². The van der Waals surface area contributed by atoms with Crippen LogP contribution < -0.4 is 5.32 Å². The number of nitrogens with one attached hydrogen (secondary N) is 1. The molecule has 0 saturated heterocycles. The summed E-state index contributed by atoms with van der Waals surface area (Å²) in [5, 5.41) is 7.95. The van der Waals surface area contributed by atoms with E-state index >= 15 is 0 Å². The summed E-state index contributed by atoms with van der Waals surface area (Å²) in [6.45, 7) is 4.89. The molecule has 1 unspecified atom stereocenters. The van der Waals surface area contributed by atoms with E-state index < -0.39 is 0 Å². The van der Waals surface area contributed by atoms with Gasteiger partial charge in [0.2, 0.25) is 0 Å². The fourth-order valence-corrected chi connectivity index (χ4v) is 2.52. The molecule has 1 aromatic heterocycles. The summed E-state index contributed by atoms with van der Waals surface area (Å²) in [6.07, 6.45) is 2.71. The summed E-state index contributed by atoms with van der Waals surface area (Å²) >= 11 is 5.72. The molecule has 0 amide bonds. The molecule has 0 aliphatic carbocycles. The number of nitrogens with zero attached hydrogens (tertiary/aromatic N) is 2. The number of benzene rings is 1. The lowest BCUT2D eigenvalue weighted by Crippen LogP contribution is -2.23. The standard InChI is InChI=1S/C15H19ClFN3/c1-4-18-15(12-9-20(3)19-10(12)2)8-11-5-6-13(16)14(17)7-11/h5-7,9,15,18H,4,8H2,1-3H3. The minimum Gasteiger partial charge on any atom is -0.310 e. The highest BCUT2D eigenvalue weighted by atomic mass is 35.5. The van der Waals surface area contributed by atoms with Crippen LogP contribution in [0, 0.1) is 12.7 Å². The van der Waals surface area contributed by atoms with Crippen LogP contribution in [-0.4, -0.2) is 16.3 Å². The van der Waals surface area contributed by atoms with Crippen LogP contribution in [0.25, 0.3) is 0 Å². The molecule has 5 heteroatoms. The van der Waals surface area contributed by atoms with Crippen LogP contribution in [0.5, 0.6) is 0 Å². The number of rotatable bonds is 5. The predicted molar refractivity (Wildman–Crippen MR) is 79.5 cm³/mol. The Bertz CT molecular complexity index is 595. The SMILES string of the molecule is CCNC(Cc1ccc(Cl)c(F)c1)c1cn(C)nc1C. The maximum atomic E-state index is 13.5. The molecule has 0 bridgehead atoms. The molecular weight excluding hydrogens is 277 g/mol. The molecule has 0 saturated carbocycles. The van der Waals surface area contributed by atoms with Crippen molar-refractivity contribution in [1.82, 2.24) is 15.1 Å². The van der Waals surface area contributed by atoms with E-state index in [9.17, 15) is 4.39 Å². The van der Waals surface area contributed by atoms with E-state index in [-0.39, 0.29) is 16.9 Å². The average molecular weight is 296 g/mol. The summed E-state index contributed by atoms with van der Waals surface area (Å²) in [6, 6.07) is 5.08. The van der Waals surface area contributed by atoms with E-state index in [0.717, 1.165) is 23.4 Å². The fraction of sp³-hybridized carbons (Fsp3) is 0.400. The number of hydrogen-bond donors (Lipinski definition) is 1. The number of halogens is 2. The Balaban J connectivity index is 2.25. The van der Waals surface area contributed by atoms with Gasteiger partial charge in [0, 0.05) is 24.8 Å². The summed E-state index contributed by atoms with van der Waals surface area (Å²) in [5.41, 5.74) is 3.05. The second kappa shape index (κ2) is 6.37. The Morgan fingerprint density at radius 2 is 2.20 bits per heavy atom. The van der Waals surface area contributed by atoms with Gasteiger partial charge in [0.1, 0.15) is 5.82 Å². The zero-order valence-electron chi connectivity index (χ0n) is 12.0. The monoisotopic (exact) mass is 295 g/mol. The number of likely N-dealkylation sites (N-methyl/N-ethyl adjacent to an activating group) is 1. The van der Waals surface area contributed by atoms with Gasteiger partial charge >= 0.3 is 0 Å². The highest BCUT2D eigenvalue weighted by Crippen LogP contribution is 2.23. The topological polar surface area (TPSA) is 29.9 Å². The van der Waals surface area contributed by atoms with Crippen molar-refractivity contribution in [2.75, 3.05) is 6.54 Å². The van der Waals surface area contributed by atoms with Gasteiger partial charge in [0.15, 0.2) is 0 Å². The maximum Gasteiger partial charge on any atom is 0.142 e. The van der Waals surface area contributed by atoms with Gasteiger partial charge in [-0.15, -0.1) is 0 Å². The van der Waals surface area contributed by atoms with Crippen LogP contribution in [0.3, 0.4) is 0 Å². The van der Waals surface area contributed by atoms with E-state index in [0.29, 0.717) is 6.42 Å². The second-order valence-electron chi connectivity index (χ2n) is 4.91. The third kappa shape index (κ3) is 3.38. The molecule has 108 valence electrons. The van der Waals surface area contributed by atoms with Gasteiger partial charge in [-0.3, -0.25) is 4.68 Å². The van der Waals surface area contributed by atoms with E-state index in [2.05, 4.69) is 17.3 Å². The number of aryl methyl sites for hydroxylation is 2. The lowest BCUT2D eigenvalue weighted by atomic mass is 9.99. The molecule has 20 heavy (non-hydrogen) atoms. The molecule has 2 rings (SSSR count). The largest absolute Gasteiger partial charge is 0.310 e. The van der Waals surface area contributed by atoms with Crippen molar-refractivity contribution in [2.24, 2.45) is 7.05 Å². The Kier molecular flexibility index (Phi) is 4.78. The van der Waals surface area contributed by atoms with Gasteiger partial charge in [-0.1, -0.05) is 24.6 Å². The third-order valence-corrected chi connectivity index (χ3v) is 3.61. The molecule has 3 nitrogen and oxygen atoms in total. The fourth-order valence-electron chi connectivity index (χ4n) is 2.40. The van der Waals surface area contributed by atoms with Gasteiger partial charge in [0.05, 0.1) is 10.7 Å². The van der Waals surface area contributed by atoms with Gasteiger partial charge < -0.3 is 5.32 Å². The van der Waals surface area contributed by atoms with Crippen LogP contribution in [0.2, 0.25) is 5.02 Å². The summed E-state index contributed by atoms with van der Waals surface area (Å²) < 4.78 is 15.3. The third-order valence-electron chi connectivity index (χ3n) is 3.30. The molecule has 1 atom stereocenters. The van der Waals surface area contributed by atoms with Gasteiger partial charge in [-0.25, -0.2) is 4.39 Å². The van der Waals surface area contributed by atoms with Crippen LogP contribution in [0.15, 0.2) is 24.4 Å². The molecule has 0 aliphatic rings. The molecule has 0 spiro atoms.